The predicted molar refractivity (Wildman–Crippen MR) is 54.7 cm³/mol. The molecule has 0 atom stereocenters. The van der Waals surface area contributed by atoms with Crippen molar-refractivity contribution in [1.82, 2.24) is 0 Å². The fraction of sp³-hybridized carbons (Fsp3) is 0. The van der Waals surface area contributed by atoms with Crippen molar-refractivity contribution in [3.05, 3.63) is 36.4 Å². The Bertz CT molecular complexity index is 412. The van der Waals surface area contributed by atoms with Crippen LogP contribution in [0.25, 0.3) is 10.8 Å². The average molecular weight is 333 g/mol. The Kier molecular flexibility index (Phi) is 1.70. The molecule has 12 heavy (non-hydrogen) atoms. The molecule has 0 nitrogen and oxygen atoms in total. The van der Waals surface area contributed by atoms with Crippen LogP contribution in [0.3, 0.4) is 0 Å². The molecule has 3 rings (SSSR count). The summed E-state index contributed by atoms with van der Waals surface area (Å²) in [6.45, 7) is 0. The molecule has 2 aromatic carbocycles. The molecule has 1 aliphatic rings. The van der Waals surface area contributed by atoms with Crippen molar-refractivity contribution in [2.45, 2.75) is 0 Å². The first-order valence-electron chi connectivity index (χ1n) is 3.81. The van der Waals surface area contributed by atoms with Crippen molar-refractivity contribution in [2.24, 2.45) is 0 Å². The Hall–Kier alpha value is 0.00909. The van der Waals surface area contributed by atoms with Crippen LogP contribution < -0.4 is 8.07 Å². The monoisotopic (exact) mass is 336 g/mol. The quantitative estimate of drug-likeness (QED) is 0.614. The van der Waals surface area contributed by atoms with Crippen LogP contribution >= 0.6 is 0 Å². The van der Waals surface area contributed by atoms with Crippen LogP contribution in [-0.4, -0.2) is 30.5 Å². The summed E-state index contributed by atoms with van der Waals surface area (Å²) >= 11 is 1.01. The molecule has 0 saturated carbocycles. The van der Waals surface area contributed by atoms with E-state index in [4.69, 9.17) is 0 Å². The molecule has 0 N–H and O–H groups in total. The summed E-state index contributed by atoms with van der Waals surface area (Å²) in [5.41, 5.74) is 0. The first-order chi connectivity index (χ1) is 5.95. The third-order valence-corrected chi connectivity index (χ3v) is 11.2. The topological polar surface area (TPSA) is 0 Å². The maximum absolute atomic E-state index is 2.32. The first-order valence-corrected chi connectivity index (χ1v) is 11.5. The van der Waals surface area contributed by atoms with Gasteiger partial charge in [0.15, 0.2) is 0 Å². The third-order valence-electron chi connectivity index (χ3n) is 2.05. The first kappa shape index (κ1) is 7.42. The van der Waals surface area contributed by atoms with Crippen LogP contribution in [-0.2, 0) is 0 Å². The van der Waals surface area contributed by atoms with E-state index < -0.39 is 0 Å². The van der Waals surface area contributed by atoms with Gasteiger partial charge < -0.3 is 0 Å². The van der Waals surface area contributed by atoms with Gasteiger partial charge in [-0.25, -0.2) is 0 Å². The summed E-state index contributed by atoms with van der Waals surface area (Å²) in [6.07, 6.45) is 0. The SMILES string of the molecule is c1cc2c3c(cccc3c1)[Te][Se]2. The summed E-state index contributed by atoms with van der Waals surface area (Å²) in [5, 5.41) is 3.05. The molecule has 0 spiro atoms. The fourth-order valence-electron chi connectivity index (χ4n) is 1.50. The number of rotatable bonds is 0. The minimum absolute atomic E-state index is 0.182. The Morgan fingerprint density at radius 2 is 1.83 bits per heavy atom. The van der Waals surface area contributed by atoms with Gasteiger partial charge in [-0.15, -0.1) is 0 Å². The van der Waals surface area contributed by atoms with Crippen molar-refractivity contribution in [1.29, 1.82) is 0 Å². The van der Waals surface area contributed by atoms with Crippen molar-refractivity contribution in [3.8, 4) is 0 Å². The molecule has 0 unspecified atom stereocenters. The second-order valence-electron chi connectivity index (χ2n) is 2.78. The van der Waals surface area contributed by atoms with Gasteiger partial charge in [-0.05, 0) is 0 Å². The predicted octanol–water partition coefficient (Wildman–Crippen LogP) is 0.427. The molecule has 2 heteroatoms. The number of benzene rings is 2. The van der Waals surface area contributed by atoms with E-state index in [-0.39, 0.29) is 18.7 Å². The second-order valence-corrected chi connectivity index (χ2v) is 10.6. The van der Waals surface area contributed by atoms with Crippen molar-refractivity contribution in [3.63, 3.8) is 0 Å². The standard InChI is InChI=1S/C10H6SeTe/c1-3-7-4-2-6-9-10(7)8(5-1)11-12-9/h1-6H. The van der Waals surface area contributed by atoms with Gasteiger partial charge in [0.25, 0.3) is 0 Å². The van der Waals surface area contributed by atoms with Crippen LogP contribution in [0.5, 0.6) is 0 Å². The third kappa shape index (κ3) is 0.965. The molecule has 0 amide bonds. The zero-order chi connectivity index (χ0) is 7.97. The fourth-order valence-corrected chi connectivity index (χ4v) is 11.2. The van der Waals surface area contributed by atoms with Gasteiger partial charge in [-0.1, -0.05) is 0 Å². The van der Waals surface area contributed by atoms with E-state index in [1.807, 2.05) is 0 Å². The molecule has 0 radical (unpaired) electrons. The molecule has 0 aliphatic carbocycles. The molecule has 1 heterocycles. The summed E-state index contributed by atoms with van der Waals surface area (Å²) < 4.78 is 3.34. The molecule has 2 aromatic rings. The Morgan fingerprint density at radius 1 is 1.00 bits per heavy atom. The zero-order valence-electron chi connectivity index (χ0n) is 6.28. The van der Waals surface area contributed by atoms with Gasteiger partial charge in [0, 0.05) is 0 Å². The molecule has 0 fully saturated rings. The zero-order valence-corrected chi connectivity index (χ0v) is 10.3. The van der Waals surface area contributed by atoms with E-state index in [1.54, 1.807) is 13.5 Å². The van der Waals surface area contributed by atoms with Crippen LogP contribution in [0.2, 0.25) is 0 Å². The van der Waals surface area contributed by atoms with Gasteiger partial charge in [0.05, 0.1) is 0 Å². The van der Waals surface area contributed by atoms with E-state index in [0.717, 1.165) is 11.8 Å². The molecule has 58 valence electrons. The molecule has 1 aliphatic heterocycles. The normalized spacial score (nSPS) is 14.0. The number of hydrogen-bond acceptors (Lipinski definition) is 0. The van der Waals surface area contributed by atoms with Crippen LogP contribution in [0, 0.1) is 0 Å². The van der Waals surface area contributed by atoms with Crippen molar-refractivity contribution >= 4 is 49.3 Å². The number of hydrogen-bond donors (Lipinski definition) is 0. The van der Waals surface area contributed by atoms with Gasteiger partial charge in [0.2, 0.25) is 0 Å². The molecular formula is C10H6SeTe. The Morgan fingerprint density at radius 3 is 2.75 bits per heavy atom. The van der Waals surface area contributed by atoms with E-state index in [2.05, 4.69) is 36.4 Å². The van der Waals surface area contributed by atoms with E-state index >= 15 is 0 Å². The average Bonchev–Trinajstić information content (AvgIpc) is 2.52. The molecule has 0 aromatic heterocycles. The van der Waals surface area contributed by atoms with E-state index in [9.17, 15) is 0 Å². The molecule has 0 saturated heterocycles. The maximum atomic E-state index is 2.32. The van der Waals surface area contributed by atoms with Gasteiger partial charge in [-0.3, -0.25) is 0 Å². The second kappa shape index (κ2) is 2.75. The summed E-state index contributed by atoms with van der Waals surface area (Å²) in [7, 11) is 0. The minimum atomic E-state index is 0.182. The van der Waals surface area contributed by atoms with Gasteiger partial charge >= 0.3 is 85.7 Å². The van der Waals surface area contributed by atoms with Crippen molar-refractivity contribution < 1.29 is 0 Å². The van der Waals surface area contributed by atoms with Crippen LogP contribution in [0.1, 0.15) is 0 Å². The summed E-state index contributed by atoms with van der Waals surface area (Å²) in [5.74, 6) is 0. The Labute approximate surface area is 85.2 Å². The summed E-state index contributed by atoms with van der Waals surface area (Å²) in [6, 6.07) is 13.5. The van der Waals surface area contributed by atoms with Crippen molar-refractivity contribution in [2.75, 3.05) is 0 Å². The molecular weight excluding hydrogens is 327 g/mol. The Balaban J connectivity index is 2.58. The summed E-state index contributed by atoms with van der Waals surface area (Å²) in [4.78, 5) is 0. The van der Waals surface area contributed by atoms with Crippen LogP contribution in [0.15, 0.2) is 36.4 Å². The van der Waals surface area contributed by atoms with Gasteiger partial charge in [0.1, 0.15) is 0 Å². The van der Waals surface area contributed by atoms with E-state index in [1.165, 1.54) is 5.39 Å². The molecule has 0 bridgehead atoms. The van der Waals surface area contributed by atoms with E-state index in [0.29, 0.717) is 0 Å². The van der Waals surface area contributed by atoms with Gasteiger partial charge in [-0.2, -0.15) is 0 Å². The van der Waals surface area contributed by atoms with Crippen LogP contribution in [0.4, 0.5) is 0 Å².